The summed E-state index contributed by atoms with van der Waals surface area (Å²) in [5, 5.41) is 3.18. The predicted molar refractivity (Wildman–Crippen MR) is 51.3 cm³/mol. The molecule has 0 saturated carbocycles. The maximum Gasteiger partial charge on any atom is 0.140 e. The molecule has 1 saturated heterocycles. The number of hydrogen-bond donors (Lipinski definition) is 1. The SMILES string of the molecule is F[C@@H](c1ccccc1)[C@@H]1CCCN1. The van der Waals surface area contributed by atoms with Gasteiger partial charge >= 0.3 is 0 Å². The Morgan fingerprint density at radius 1 is 1.31 bits per heavy atom. The Labute approximate surface area is 78.0 Å². The van der Waals surface area contributed by atoms with Gasteiger partial charge in [-0.1, -0.05) is 30.3 Å². The molecule has 1 N–H and O–H groups in total. The average Bonchev–Trinajstić information content (AvgIpc) is 2.71. The highest BCUT2D eigenvalue weighted by molar-refractivity contribution is 5.19. The van der Waals surface area contributed by atoms with Crippen LogP contribution >= 0.6 is 0 Å². The zero-order valence-electron chi connectivity index (χ0n) is 7.54. The highest BCUT2D eigenvalue weighted by atomic mass is 19.1. The molecule has 1 heterocycles. The predicted octanol–water partition coefficient (Wildman–Crippen LogP) is 2.45. The van der Waals surface area contributed by atoms with E-state index in [0.717, 1.165) is 24.9 Å². The minimum Gasteiger partial charge on any atom is -0.311 e. The normalized spacial score (nSPS) is 24.5. The quantitative estimate of drug-likeness (QED) is 0.735. The molecule has 70 valence electrons. The molecule has 0 aromatic heterocycles. The van der Waals surface area contributed by atoms with Crippen LogP contribution in [0.4, 0.5) is 4.39 Å². The summed E-state index contributed by atoms with van der Waals surface area (Å²) in [6, 6.07) is 9.42. The average molecular weight is 179 g/mol. The summed E-state index contributed by atoms with van der Waals surface area (Å²) in [5.74, 6) is 0. The Morgan fingerprint density at radius 3 is 2.69 bits per heavy atom. The number of benzene rings is 1. The van der Waals surface area contributed by atoms with Crippen LogP contribution in [0.1, 0.15) is 24.6 Å². The lowest BCUT2D eigenvalue weighted by Gasteiger charge is -2.15. The molecule has 1 aliphatic heterocycles. The van der Waals surface area contributed by atoms with E-state index in [0.29, 0.717) is 0 Å². The first-order chi connectivity index (χ1) is 6.38. The van der Waals surface area contributed by atoms with Gasteiger partial charge in [-0.05, 0) is 24.9 Å². The van der Waals surface area contributed by atoms with Gasteiger partial charge in [0.1, 0.15) is 6.17 Å². The number of nitrogens with one attached hydrogen (secondary N) is 1. The Kier molecular flexibility index (Phi) is 2.60. The van der Waals surface area contributed by atoms with E-state index in [1.54, 1.807) is 0 Å². The fourth-order valence-corrected chi connectivity index (χ4v) is 1.83. The molecule has 2 rings (SSSR count). The molecule has 1 aliphatic rings. The van der Waals surface area contributed by atoms with Crippen LogP contribution in [-0.2, 0) is 0 Å². The van der Waals surface area contributed by atoms with Crippen molar-refractivity contribution in [3.05, 3.63) is 35.9 Å². The van der Waals surface area contributed by atoms with Crippen LogP contribution in [0.25, 0.3) is 0 Å². The fourth-order valence-electron chi connectivity index (χ4n) is 1.83. The van der Waals surface area contributed by atoms with E-state index in [1.807, 2.05) is 30.3 Å². The summed E-state index contributed by atoms with van der Waals surface area (Å²) in [7, 11) is 0. The van der Waals surface area contributed by atoms with Gasteiger partial charge in [0.2, 0.25) is 0 Å². The second-order valence-electron chi connectivity index (χ2n) is 3.52. The van der Waals surface area contributed by atoms with Crippen LogP contribution in [0.15, 0.2) is 30.3 Å². The van der Waals surface area contributed by atoms with Gasteiger partial charge in [0, 0.05) is 6.04 Å². The Balaban J connectivity index is 2.08. The zero-order valence-corrected chi connectivity index (χ0v) is 7.54. The lowest BCUT2D eigenvalue weighted by Crippen LogP contribution is -2.26. The van der Waals surface area contributed by atoms with Crippen molar-refractivity contribution in [2.75, 3.05) is 6.54 Å². The minimum atomic E-state index is -0.844. The third kappa shape index (κ3) is 1.89. The number of hydrogen-bond acceptors (Lipinski definition) is 1. The van der Waals surface area contributed by atoms with Gasteiger partial charge in [-0.25, -0.2) is 4.39 Å². The first-order valence-electron chi connectivity index (χ1n) is 4.80. The summed E-state index contributed by atoms with van der Waals surface area (Å²) in [4.78, 5) is 0. The minimum absolute atomic E-state index is 0.0300. The van der Waals surface area contributed by atoms with Crippen LogP contribution < -0.4 is 5.32 Å². The van der Waals surface area contributed by atoms with Crippen molar-refractivity contribution in [2.24, 2.45) is 0 Å². The number of halogens is 1. The Morgan fingerprint density at radius 2 is 2.08 bits per heavy atom. The van der Waals surface area contributed by atoms with Crippen LogP contribution in [0.5, 0.6) is 0 Å². The summed E-state index contributed by atoms with van der Waals surface area (Å²) in [6.45, 7) is 0.956. The van der Waals surface area contributed by atoms with Gasteiger partial charge in [-0.15, -0.1) is 0 Å². The summed E-state index contributed by atoms with van der Waals surface area (Å²) in [5.41, 5.74) is 0.793. The number of rotatable bonds is 2. The highest BCUT2D eigenvalue weighted by Crippen LogP contribution is 2.26. The standard InChI is InChI=1S/C11H14FN/c12-11(10-7-4-8-13-10)9-5-2-1-3-6-9/h1-3,5-6,10-11,13H,4,7-8H2/t10-,11-/m0/s1. The van der Waals surface area contributed by atoms with E-state index in [2.05, 4.69) is 5.32 Å². The third-order valence-corrected chi connectivity index (χ3v) is 2.57. The van der Waals surface area contributed by atoms with E-state index in [4.69, 9.17) is 0 Å². The zero-order chi connectivity index (χ0) is 9.10. The van der Waals surface area contributed by atoms with Crippen molar-refractivity contribution in [2.45, 2.75) is 25.1 Å². The monoisotopic (exact) mass is 179 g/mol. The molecule has 0 amide bonds. The van der Waals surface area contributed by atoms with Gasteiger partial charge in [-0.3, -0.25) is 0 Å². The molecule has 1 aromatic rings. The van der Waals surface area contributed by atoms with Crippen molar-refractivity contribution >= 4 is 0 Å². The second kappa shape index (κ2) is 3.88. The van der Waals surface area contributed by atoms with Gasteiger partial charge < -0.3 is 5.32 Å². The fraction of sp³-hybridized carbons (Fsp3) is 0.455. The first kappa shape index (κ1) is 8.70. The van der Waals surface area contributed by atoms with E-state index in [-0.39, 0.29) is 6.04 Å². The summed E-state index contributed by atoms with van der Waals surface area (Å²) >= 11 is 0. The van der Waals surface area contributed by atoms with Crippen molar-refractivity contribution in [3.63, 3.8) is 0 Å². The van der Waals surface area contributed by atoms with Crippen molar-refractivity contribution in [1.82, 2.24) is 5.32 Å². The van der Waals surface area contributed by atoms with E-state index < -0.39 is 6.17 Å². The molecule has 0 unspecified atom stereocenters. The van der Waals surface area contributed by atoms with Gasteiger partial charge in [0.15, 0.2) is 0 Å². The van der Waals surface area contributed by atoms with Crippen LogP contribution in [0, 0.1) is 0 Å². The van der Waals surface area contributed by atoms with Gasteiger partial charge in [-0.2, -0.15) is 0 Å². The third-order valence-electron chi connectivity index (χ3n) is 2.57. The maximum atomic E-state index is 13.8. The van der Waals surface area contributed by atoms with Crippen molar-refractivity contribution in [3.8, 4) is 0 Å². The van der Waals surface area contributed by atoms with Crippen LogP contribution in [0.3, 0.4) is 0 Å². The molecular weight excluding hydrogens is 165 g/mol. The summed E-state index contributed by atoms with van der Waals surface area (Å²) < 4.78 is 13.8. The van der Waals surface area contributed by atoms with E-state index >= 15 is 0 Å². The molecule has 1 nitrogen and oxygen atoms in total. The molecule has 0 bridgehead atoms. The lowest BCUT2D eigenvalue weighted by molar-refractivity contribution is 0.271. The smallest absolute Gasteiger partial charge is 0.140 e. The maximum absolute atomic E-state index is 13.8. The van der Waals surface area contributed by atoms with E-state index in [9.17, 15) is 4.39 Å². The number of alkyl halides is 1. The van der Waals surface area contributed by atoms with Crippen molar-refractivity contribution < 1.29 is 4.39 Å². The van der Waals surface area contributed by atoms with Gasteiger partial charge in [0.05, 0.1) is 0 Å². The highest BCUT2D eigenvalue weighted by Gasteiger charge is 2.24. The molecule has 2 heteroatoms. The molecular formula is C11H14FN. The first-order valence-corrected chi connectivity index (χ1v) is 4.80. The molecule has 1 fully saturated rings. The Bertz CT molecular complexity index is 254. The summed E-state index contributed by atoms with van der Waals surface area (Å²) in [6.07, 6.45) is 1.21. The lowest BCUT2D eigenvalue weighted by atomic mass is 10.0. The largest absolute Gasteiger partial charge is 0.311 e. The molecule has 13 heavy (non-hydrogen) atoms. The van der Waals surface area contributed by atoms with Crippen molar-refractivity contribution in [1.29, 1.82) is 0 Å². The molecule has 0 radical (unpaired) electrons. The molecule has 0 aliphatic carbocycles. The molecule has 0 spiro atoms. The second-order valence-corrected chi connectivity index (χ2v) is 3.52. The van der Waals surface area contributed by atoms with Gasteiger partial charge in [0.25, 0.3) is 0 Å². The van der Waals surface area contributed by atoms with Crippen LogP contribution in [0.2, 0.25) is 0 Å². The van der Waals surface area contributed by atoms with Crippen LogP contribution in [-0.4, -0.2) is 12.6 Å². The molecule has 1 aromatic carbocycles. The topological polar surface area (TPSA) is 12.0 Å². The van der Waals surface area contributed by atoms with E-state index in [1.165, 1.54) is 0 Å². The Hall–Kier alpha value is -0.890. The molecule has 2 atom stereocenters.